The molecule has 3 rings (SSSR count). The highest BCUT2D eigenvalue weighted by molar-refractivity contribution is 7.99. The first-order chi connectivity index (χ1) is 12.8. The second-order valence-corrected chi connectivity index (χ2v) is 7.48. The summed E-state index contributed by atoms with van der Waals surface area (Å²) in [5.41, 5.74) is -1.03. The summed E-state index contributed by atoms with van der Waals surface area (Å²) in [5.74, 6) is 5.76. The third-order valence-corrected chi connectivity index (χ3v) is 5.43. The number of carbonyl (C=O) groups is 1. The van der Waals surface area contributed by atoms with Crippen LogP contribution in [0, 0.1) is 0 Å². The number of thioether (sulfide) groups is 1. The van der Waals surface area contributed by atoms with Gasteiger partial charge in [-0.05, 0) is 29.6 Å². The van der Waals surface area contributed by atoms with Gasteiger partial charge in [0, 0.05) is 5.69 Å². The van der Waals surface area contributed by atoms with Crippen LogP contribution in [-0.4, -0.2) is 26.5 Å². The second-order valence-electron chi connectivity index (χ2n) is 5.18. The Morgan fingerprint density at radius 3 is 2.78 bits per heavy atom. The molecular weight excluding hydrogens is 423 g/mol. The first-order valence-electron chi connectivity index (χ1n) is 7.29. The number of nitrogen functional groups attached to an aromatic ring is 1. The molecule has 0 radical (unpaired) electrons. The summed E-state index contributed by atoms with van der Waals surface area (Å²) in [7, 11) is 0. The fourth-order valence-electron chi connectivity index (χ4n) is 2.10. The van der Waals surface area contributed by atoms with Gasteiger partial charge in [-0.25, -0.2) is 4.68 Å². The predicted octanol–water partition coefficient (Wildman–Crippen LogP) is 4.12. The summed E-state index contributed by atoms with van der Waals surface area (Å²) in [6.07, 6.45) is -4.61. The zero-order chi connectivity index (χ0) is 19.6. The van der Waals surface area contributed by atoms with Crippen molar-refractivity contribution in [2.75, 3.05) is 16.9 Å². The highest BCUT2D eigenvalue weighted by Crippen LogP contribution is 2.36. The molecule has 0 atom stereocenters. The summed E-state index contributed by atoms with van der Waals surface area (Å²) < 4.78 is 39.9. The average molecular weight is 434 g/mol. The zero-order valence-corrected chi connectivity index (χ0v) is 15.7. The highest BCUT2D eigenvalue weighted by Gasteiger charge is 2.33. The Balaban J connectivity index is 1.64. The lowest BCUT2D eigenvalue weighted by atomic mass is 10.2. The number of thiophene rings is 1. The predicted molar refractivity (Wildman–Crippen MR) is 99.3 cm³/mol. The van der Waals surface area contributed by atoms with E-state index in [1.165, 1.54) is 22.1 Å². The molecule has 12 heteroatoms. The summed E-state index contributed by atoms with van der Waals surface area (Å²) in [6.45, 7) is 0. The molecule has 0 saturated carbocycles. The van der Waals surface area contributed by atoms with Crippen LogP contribution in [0.25, 0.3) is 10.7 Å². The molecule has 0 fully saturated rings. The van der Waals surface area contributed by atoms with Crippen molar-refractivity contribution in [1.82, 2.24) is 14.9 Å². The number of alkyl halides is 3. The summed E-state index contributed by atoms with van der Waals surface area (Å²) in [5, 5.41) is 12.0. The zero-order valence-electron chi connectivity index (χ0n) is 13.3. The molecule has 0 unspecified atom stereocenters. The van der Waals surface area contributed by atoms with Crippen LogP contribution < -0.4 is 11.2 Å². The van der Waals surface area contributed by atoms with E-state index in [0.717, 1.165) is 28.8 Å². The number of rotatable bonds is 5. The van der Waals surface area contributed by atoms with Crippen LogP contribution in [0.3, 0.4) is 0 Å². The molecule has 0 saturated heterocycles. The van der Waals surface area contributed by atoms with E-state index in [4.69, 9.17) is 17.4 Å². The van der Waals surface area contributed by atoms with Crippen molar-refractivity contribution in [2.24, 2.45) is 0 Å². The molecule has 1 amide bonds. The Hall–Kier alpha value is -2.24. The minimum atomic E-state index is -4.61. The average Bonchev–Trinajstić information content (AvgIpc) is 3.23. The van der Waals surface area contributed by atoms with Gasteiger partial charge in [0.25, 0.3) is 0 Å². The summed E-state index contributed by atoms with van der Waals surface area (Å²) >= 11 is 8.01. The van der Waals surface area contributed by atoms with E-state index in [2.05, 4.69) is 15.5 Å². The van der Waals surface area contributed by atoms with Gasteiger partial charge in [-0.1, -0.05) is 29.4 Å². The Morgan fingerprint density at radius 1 is 1.33 bits per heavy atom. The molecule has 2 heterocycles. The quantitative estimate of drug-likeness (QED) is 0.467. The fourth-order valence-corrected chi connectivity index (χ4v) is 3.68. The van der Waals surface area contributed by atoms with E-state index in [1.54, 1.807) is 0 Å². The molecule has 2 aromatic heterocycles. The number of carbonyl (C=O) groups excluding carboxylic acids is 1. The number of nitrogens with two attached hydrogens (primary N) is 1. The van der Waals surface area contributed by atoms with Crippen molar-refractivity contribution in [3.63, 3.8) is 0 Å². The van der Waals surface area contributed by atoms with Gasteiger partial charge in [-0.2, -0.15) is 13.2 Å². The van der Waals surface area contributed by atoms with Gasteiger partial charge in [-0.3, -0.25) is 4.79 Å². The third-order valence-electron chi connectivity index (χ3n) is 3.29. The minimum absolute atomic E-state index is 0.00850. The highest BCUT2D eigenvalue weighted by atomic mass is 35.5. The van der Waals surface area contributed by atoms with Crippen LogP contribution in [0.15, 0.2) is 40.9 Å². The molecule has 3 N–H and O–H groups in total. The van der Waals surface area contributed by atoms with E-state index >= 15 is 0 Å². The number of hydrogen-bond acceptors (Lipinski definition) is 6. The number of anilines is 1. The van der Waals surface area contributed by atoms with Crippen molar-refractivity contribution < 1.29 is 18.0 Å². The summed E-state index contributed by atoms with van der Waals surface area (Å²) in [4.78, 5) is 12.9. The second kappa shape index (κ2) is 7.79. The topological polar surface area (TPSA) is 85.8 Å². The van der Waals surface area contributed by atoms with Gasteiger partial charge in [0.15, 0.2) is 5.82 Å². The monoisotopic (exact) mass is 433 g/mol. The van der Waals surface area contributed by atoms with Gasteiger partial charge < -0.3 is 11.2 Å². The van der Waals surface area contributed by atoms with E-state index in [-0.39, 0.29) is 11.4 Å². The Bertz CT molecular complexity index is 959. The molecule has 142 valence electrons. The Kier molecular flexibility index (Phi) is 5.63. The van der Waals surface area contributed by atoms with Crippen molar-refractivity contribution in [1.29, 1.82) is 0 Å². The number of nitrogens with zero attached hydrogens (tertiary/aromatic N) is 3. The number of amides is 1. The standard InChI is InChI=1S/C15H11ClF3N5OS2/c16-10-4-3-8(6-9(10)15(17,18)19)21-12(25)7-27-14-23-22-13(24(14)20)11-2-1-5-26-11/h1-6H,7,20H2,(H,21,25). The lowest BCUT2D eigenvalue weighted by molar-refractivity contribution is -0.137. The van der Waals surface area contributed by atoms with Crippen molar-refractivity contribution in [3.05, 3.63) is 46.3 Å². The van der Waals surface area contributed by atoms with Gasteiger partial charge in [-0.15, -0.1) is 21.5 Å². The first kappa shape index (κ1) is 19.5. The number of benzene rings is 1. The number of halogens is 4. The molecule has 0 aliphatic rings. The first-order valence-corrected chi connectivity index (χ1v) is 9.54. The molecule has 1 aromatic carbocycles. The Labute approximate surface area is 164 Å². The number of nitrogens with one attached hydrogen (secondary N) is 1. The maximum atomic E-state index is 12.9. The normalized spacial score (nSPS) is 11.6. The van der Waals surface area contributed by atoms with Gasteiger partial charge >= 0.3 is 6.18 Å². The van der Waals surface area contributed by atoms with Crippen LogP contribution in [0.1, 0.15) is 5.56 Å². The van der Waals surface area contributed by atoms with E-state index in [0.29, 0.717) is 11.0 Å². The van der Waals surface area contributed by atoms with Crippen LogP contribution in [0.2, 0.25) is 5.02 Å². The minimum Gasteiger partial charge on any atom is -0.335 e. The Morgan fingerprint density at radius 2 is 2.11 bits per heavy atom. The molecule has 0 aliphatic carbocycles. The van der Waals surface area contributed by atoms with Crippen LogP contribution >= 0.6 is 34.7 Å². The summed E-state index contributed by atoms with van der Waals surface area (Å²) in [6, 6.07) is 6.83. The van der Waals surface area contributed by atoms with Gasteiger partial charge in [0.05, 0.1) is 21.2 Å². The van der Waals surface area contributed by atoms with Crippen LogP contribution in [0.4, 0.5) is 18.9 Å². The number of hydrogen-bond donors (Lipinski definition) is 2. The smallest absolute Gasteiger partial charge is 0.335 e. The van der Waals surface area contributed by atoms with Crippen molar-refractivity contribution in [3.8, 4) is 10.7 Å². The van der Waals surface area contributed by atoms with E-state index in [9.17, 15) is 18.0 Å². The maximum Gasteiger partial charge on any atom is 0.417 e. The van der Waals surface area contributed by atoms with Crippen LogP contribution in [0.5, 0.6) is 0 Å². The van der Waals surface area contributed by atoms with Crippen molar-refractivity contribution >= 4 is 46.3 Å². The molecule has 3 aromatic rings. The van der Waals surface area contributed by atoms with Gasteiger partial charge in [0.1, 0.15) is 0 Å². The molecule has 6 nitrogen and oxygen atoms in total. The molecule has 0 bridgehead atoms. The number of aromatic nitrogens is 3. The van der Waals surface area contributed by atoms with Crippen LogP contribution in [-0.2, 0) is 11.0 Å². The lowest BCUT2D eigenvalue weighted by Crippen LogP contribution is -2.17. The molecular formula is C15H11ClF3N5OS2. The molecule has 0 spiro atoms. The maximum absolute atomic E-state index is 12.9. The largest absolute Gasteiger partial charge is 0.417 e. The molecule has 27 heavy (non-hydrogen) atoms. The van der Waals surface area contributed by atoms with E-state index < -0.39 is 22.7 Å². The van der Waals surface area contributed by atoms with Gasteiger partial charge in [0.2, 0.25) is 11.1 Å². The lowest BCUT2D eigenvalue weighted by Gasteiger charge is -2.11. The van der Waals surface area contributed by atoms with Crippen molar-refractivity contribution in [2.45, 2.75) is 11.3 Å². The SMILES string of the molecule is Nn1c(SCC(=O)Nc2ccc(Cl)c(C(F)(F)F)c2)nnc1-c1cccs1. The third kappa shape index (κ3) is 4.54. The molecule has 0 aliphatic heterocycles. The fraction of sp³-hybridized carbons (Fsp3) is 0.133. The van der Waals surface area contributed by atoms with E-state index in [1.807, 2.05) is 17.5 Å².